The standard InChI is InChI=1S/C26H42O8/c1-13-15-6-5-14-10-25(15,12-24(14,4)31)7-8-26(32)16(13)9-18(23(26,2)3)34-22-21(30)20(29)19(28)17(11-27)33-22/h14-22,27-32H,1,5-12H2,2-4H3. The summed E-state index contributed by atoms with van der Waals surface area (Å²) in [5.74, 6) is 0.363. The lowest BCUT2D eigenvalue weighted by atomic mass is 9.63. The molecule has 12 atom stereocenters. The van der Waals surface area contributed by atoms with E-state index in [0.717, 1.165) is 37.7 Å². The van der Waals surface area contributed by atoms with Gasteiger partial charge in [-0.15, -0.1) is 0 Å². The second kappa shape index (κ2) is 7.96. The zero-order valence-corrected chi connectivity index (χ0v) is 20.6. The molecule has 5 fully saturated rings. The Hall–Kier alpha value is -0.580. The van der Waals surface area contributed by atoms with E-state index in [1.807, 2.05) is 20.8 Å². The van der Waals surface area contributed by atoms with E-state index in [4.69, 9.17) is 9.47 Å². The van der Waals surface area contributed by atoms with E-state index in [1.165, 1.54) is 0 Å². The number of hydrogen-bond donors (Lipinski definition) is 6. The molecule has 0 radical (unpaired) electrons. The van der Waals surface area contributed by atoms with Crippen LogP contribution in [0.15, 0.2) is 12.2 Å². The Labute approximate surface area is 201 Å². The van der Waals surface area contributed by atoms with Crippen LogP contribution in [0.4, 0.5) is 0 Å². The summed E-state index contributed by atoms with van der Waals surface area (Å²) in [4.78, 5) is 0. The van der Waals surface area contributed by atoms with E-state index in [0.29, 0.717) is 18.8 Å². The molecule has 4 saturated carbocycles. The van der Waals surface area contributed by atoms with Gasteiger partial charge in [0.25, 0.3) is 0 Å². The number of hydrogen-bond acceptors (Lipinski definition) is 8. The average molecular weight is 483 g/mol. The summed E-state index contributed by atoms with van der Waals surface area (Å²) in [6.45, 7) is 9.91. The molecular weight excluding hydrogens is 440 g/mol. The van der Waals surface area contributed by atoms with Gasteiger partial charge in [-0.2, -0.15) is 0 Å². The number of ether oxygens (including phenoxy) is 2. The molecule has 1 spiro atoms. The van der Waals surface area contributed by atoms with Crippen molar-refractivity contribution in [2.24, 2.45) is 28.6 Å². The summed E-state index contributed by atoms with van der Waals surface area (Å²) in [5, 5.41) is 63.6. The predicted molar refractivity (Wildman–Crippen MR) is 122 cm³/mol. The van der Waals surface area contributed by atoms with Gasteiger partial charge in [-0.25, -0.2) is 0 Å². The van der Waals surface area contributed by atoms with Gasteiger partial charge in [0.15, 0.2) is 6.29 Å². The Morgan fingerprint density at radius 3 is 2.38 bits per heavy atom. The minimum atomic E-state index is -1.51. The largest absolute Gasteiger partial charge is 0.394 e. The maximum Gasteiger partial charge on any atom is 0.186 e. The number of aliphatic hydroxyl groups is 6. The van der Waals surface area contributed by atoms with Gasteiger partial charge < -0.3 is 40.1 Å². The third kappa shape index (κ3) is 3.33. The third-order valence-corrected chi connectivity index (χ3v) is 10.8. The molecule has 0 amide bonds. The molecule has 5 aliphatic rings. The van der Waals surface area contributed by atoms with Gasteiger partial charge in [-0.3, -0.25) is 0 Å². The van der Waals surface area contributed by atoms with Gasteiger partial charge in [0.05, 0.1) is 23.9 Å². The Morgan fingerprint density at radius 2 is 1.71 bits per heavy atom. The van der Waals surface area contributed by atoms with E-state index < -0.39 is 60.0 Å². The maximum absolute atomic E-state index is 12.2. The molecule has 8 nitrogen and oxygen atoms in total. The molecule has 194 valence electrons. The van der Waals surface area contributed by atoms with Crippen molar-refractivity contribution < 1.29 is 40.1 Å². The first-order valence-electron chi connectivity index (χ1n) is 12.9. The molecular formula is C26H42O8. The topological polar surface area (TPSA) is 140 Å². The van der Waals surface area contributed by atoms with Gasteiger partial charge in [-0.1, -0.05) is 26.0 Å². The zero-order valence-electron chi connectivity index (χ0n) is 20.6. The first kappa shape index (κ1) is 25.1. The molecule has 2 bridgehead atoms. The van der Waals surface area contributed by atoms with Gasteiger partial charge in [0.2, 0.25) is 0 Å². The van der Waals surface area contributed by atoms with Crippen molar-refractivity contribution in [1.29, 1.82) is 0 Å². The van der Waals surface area contributed by atoms with Crippen molar-refractivity contribution in [2.45, 2.75) is 114 Å². The fourth-order valence-corrected chi connectivity index (χ4v) is 8.57. The van der Waals surface area contributed by atoms with Crippen LogP contribution in [0.1, 0.15) is 65.7 Å². The molecule has 1 aliphatic heterocycles. The molecule has 5 rings (SSSR count). The fraction of sp³-hybridized carbons (Fsp3) is 0.923. The highest BCUT2D eigenvalue weighted by atomic mass is 16.7. The molecule has 4 aliphatic carbocycles. The molecule has 0 aromatic heterocycles. The van der Waals surface area contributed by atoms with Crippen molar-refractivity contribution in [3.8, 4) is 0 Å². The minimum Gasteiger partial charge on any atom is -0.394 e. The highest BCUT2D eigenvalue weighted by molar-refractivity contribution is 5.28. The van der Waals surface area contributed by atoms with Crippen LogP contribution in [-0.2, 0) is 9.47 Å². The average Bonchev–Trinajstić information content (AvgIpc) is 3.06. The molecule has 6 N–H and O–H groups in total. The van der Waals surface area contributed by atoms with E-state index in [1.54, 1.807) is 0 Å². The summed E-state index contributed by atoms with van der Waals surface area (Å²) < 4.78 is 11.8. The predicted octanol–water partition coefficient (Wildman–Crippen LogP) is 0.856. The summed E-state index contributed by atoms with van der Waals surface area (Å²) in [6, 6.07) is 0. The van der Waals surface area contributed by atoms with Crippen LogP contribution in [0.5, 0.6) is 0 Å². The van der Waals surface area contributed by atoms with Crippen LogP contribution in [-0.4, -0.2) is 85.3 Å². The van der Waals surface area contributed by atoms with Crippen molar-refractivity contribution in [2.75, 3.05) is 6.61 Å². The molecule has 1 heterocycles. The number of fused-ring (bicyclic) bond motifs is 2. The van der Waals surface area contributed by atoms with Gasteiger partial charge in [0, 0.05) is 11.3 Å². The molecule has 1 saturated heterocycles. The third-order valence-electron chi connectivity index (χ3n) is 10.8. The molecule has 0 aromatic carbocycles. The molecule has 12 unspecified atom stereocenters. The molecule has 0 aromatic rings. The molecule has 34 heavy (non-hydrogen) atoms. The highest BCUT2D eigenvalue weighted by Crippen LogP contribution is 2.69. The Kier molecular flexibility index (Phi) is 5.87. The second-order valence-corrected chi connectivity index (χ2v) is 12.8. The Bertz CT molecular complexity index is 826. The molecule has 8 heteroatoms. The fourth-order valence-electron chi connectivity index (χ4n) is 8.57. The Morgan fingerprint density at radius 1 is 1.00 bits per heavy atom. The van der Waals surface area contributed by atoms with Crippen molar-refractivity contribution in [3.05, 3.63) is 12.2 Å². The van der Waals surface area contributed by atoms with Crippen LogP contribution in [0.25, 0.3) is 0 Å². The lowest BCUT2D eigenvalue weighted by molar-refractivity contribution is -0.319. The van der Waals surface area contributed by atoms with Crippen molar-refractivity contribution in [3.63, 3.8) is 0 Å². The minimum absolute atomic E-state index is 0.0206. The van der Waals surface area contributed by atoms with E-state index >= 15 is 0 Å². The van der Waals surface area contributed by atoms with Gasteiger partial charge in [0.1, 0.15) is 24.4 Å². The normalized spacial score (nSPS) is 56.6. The smallest absolute Gasteiger partial charge is 0.186 e. The summed E-state index contributed by atoms with van der Waals surface area (Å²) in [7, 11) is 0. The number of aliphatic hydroxyl groups excluding tert-OH is 4. The van der Waals surface area contributed by atoms with Crippen LogP contribution in [0.3, 0.4) is 0 Å². The van der Waals surface area contributed by atoms with Gasteiger partial charge >= 0.3 is 0 Å². The lowest BCUT2D eigenvalue weighted by Crippen LogP contribution is -2.60. The maximum atomic E-state index is 12.2. The monoisotopic (exact) mass is 482 g/mol. The Balaban J connectivity index is 1.40. The van der Waals surface area contributed by atoms with E-state index in [9.17, 15) is 30.6 Å². The zero-order chi connectivity index (χ0) is 24.8. The lowest BCUT2D eigenvalue weighted by Gasteiger charge is -2.45. The van der Waals surface area contributed by atoms with E-state index in [2.05, 4.69) is 6.58 Å². The second-order valence-electron chi connectivity index (χ2n) is 12.8. The summed E-state index contributed by atoms with van der Waals surface area (Å²) in [5.41, 5.74) is -1.42. The van der Waals surface area contributed by atoms with Crippen LogP contribution in [0, 0.1) is 28.6 Å². The van der Waals surface area contributed by atoms with Crippen LogP contribution < -0.4 is 0 Å². The van der Waals surface area contributed by atoms with E-state index in [-0.39, 0.29) is 17.3 Å². The van der Waals surface area contributed by atoms with Crippen molar-refractivity contribution >= 4 is 0 Å². The summed E-state index contributed by atoms with van der Waals surface area (Å²) in [6.07, 6.45) is -1.59. The quantitative estimate of drug-likeness (QED) is 0.326. The van der Waals surface area contributed by atoms with Crippen LogP contribution in [0.2, 0.25) is 0 Å². The SMILES string of the molecule is C=C1C2CCC3CC2(CCC2(O)C1CC(OC1OC(CO)C(O)C(O)C1O)C2(C)C)CC3(C)O. The first-order valence-corrected chi connectivity index (χ1v) is 12.9. The number of rotatable bonds is 3. The van der Waals surface area contributed by atoms with Crippen LogP contribution >= 0.6 is 0 Å². The van der Waals surface area contributed by atoms with Crippen molar-refractivity contribution in [1.82, 2.24) is 0 Å². The van der Waals surface area contributed by atoms with Gasteiger partial charge in [-0.05, 0) is 69.1 Å². The summed E-state index contributed by atoms with van der Waals surface area (Å²) >= 11 is 0. The highest BCUT2D eigenvalue weighted by Gasteiger charge is 2.67. The first-order chi connectivity index (χ1) is 15.8.